The summed E-state index contributed by atoms with van der Waals surface area (Å²) in [5, 5.41) is 18.0. The molecule has 0 bridgehead atoms. The lowest BCUT2D eigenvalue weighted by Gasteiger charge is -2.48. The predicted molar refractivity (Wildman–Crippen MR) is 184 cm³/mol. The van der Waals surface area contributed by atoms with Crippen molar-refractivity contribution in [1.29, 1.82) is 0 Å². The highest BCUT2D eigenvalue weighted by molar-refractivity contribution is 6.13. The number of allylic oxidation sites excluding steroid dienone is 3. The van der Waals surface area contributed by atoms with Crippen LogP contribution in [-0.2, 0) is 7.05 Å². The Kier molecular flexibility index (Phi) is 6.27. The first kappa shape index (κ1) is 26.5. The third-order valence-electron chi connectivity index (χ3n) is 9.95. The van der Waals surface area contributed by atoms with Gasteiger partial charge in [-0.05, 0) is 46.7 Å². The Morgan fingerprint density at radius 3 is 2.13 bits per heavy atom. The number of hydrogen-bond acceptors (Lipinski definition) is 5. The van der Waals surface area contributed by atoms with Crippen LogP contribution in [0.2, 0.25) is 0 Å². The molecular formula is C39H36N6. The molecule has 1 aromatic heterocycles. The molecule has 4 atom stereocenters. The fraction of sp³-hybridized carbons (Fsp3) is 0.179. The molecule has 4 unspecified atom stereocenters. The molecule has 4 aliphatic rings. The monoisotopic (exact) mass is 588 g/mol. The number of nitrogens with one attached hydrogen (secondary N) is 4. The molecule has 5 aromatic rings. The molecule has 0 spiro atoms. The maximum atomic E-state index is 4.00. The van der Waals surface area contributed by atoms with Crippen LogP contribution < -0.4 is 26.2 Å². The van der Waals surface area contributed by atoms with E-state index in [9.17, 15) is 0 Å². The number of aryl methyl sites for hydroxylation is 1. The van der Waals surface area contributed by atoms with E-state index in [1.807, 2.05) is 0 Å². The molecule has 9 rings (SSSR count). The van der Waals surface area contributed by atoms with Crippen molar-refractivity contribution in [3.8, 4) is 0 Å². The van der Waals surface area contributed by atoms with E-state index >= 15 is 0 Å². The summed E-state index contributed by atoms with van der Waals surface area (Å²) in [5.41, 5.74) is 10.3. The summed E-state index contributed by atoms with van der Waals surface area (Å²) in [5.74, 6) is 0.198. The first-order valence-electron chi connectivity index (χ1n) is 15.9. The van der Waals surface area contributed by atoms with Gasteiger partial charge in [0.15, 0.2) is 0 Å². The normalized spacial score (nSPS) is 25.5. The average Bonchev–Trinajstić information content (AvgIpc) is 3.33. The number of anilines is 1. The molecule has 0 saturated carbocycles. The molecule has 0 amide bonds. The fourth-order valence-corrected chi connectivity index (χ4v) is 7.91. The van der Waals surface area contributed by atoms with Crippen molar-refractivity contribution >= 4 is 33.1 Å². The second-order valence-corrected chi connectivity index (χ2v) is 12.4. The van der Waals surface area contributed by atoms with Gasteiger partial charge in [-0.1, -0.05) is 109 Å². The number of nitrogens with zero attached hydrogens (tertiary/aromatic N) is 2. The third kappa shape index (κ3) is 4.21. The predicted octanol–water partition coefficient (Wildman–Crippen LogP) is 6.60. The quantitative estimate of drug-likeness (QED) is 0.192. The lowest BCUT2D eigenvalue weighted by molar-refractivity contribution is 0.189. The van der Waals surface area contributed by atoms with E-state index in [0.717, 1.165) is 6.54 Å². The van der Waals surface area contributed by atoms with Crippen LogP contribution in [0.15, 0.2) is 139 Å². The molecule has 45 heavy (non-hydrogen) atoms. The van der Waals surface area contributed by atoms with E-state index in [4.69, 9.17) is 0 Å². The van der Waals surface area contributed by atoms with Crippen LogP contribution in [0.25, 0.3) is 27.4 Å². The van der Waals surface area contributed by atoms with Gasteiger partial charge in [0.05, 0.1) is 23.9 Å². The fourth-order valence-electron chi connectivity index (χ4n) is 7.91. The molecule has 4 aromatic carbocycles. The number of benzene rings is 4. The highest BCUT2D eigenvalue weighted by Gasteiger charge is 2.42. The van der Waals surface area contributed by atoms with E-state index in [-0.39, 0.29) is 30.6 Å². The number of para-hydroxylation sites is 1. The van der Waals surface area contributed by atoms with E-state index in [2.05, 4.69) is 171 Å². The summed E-state index contributed by atoms with van der Waals surface area (Å²) in [6, 6.07) is 35.0. The van der Waals surface area contributed by atoms with Gasteiger partial charge in [0.2, 0.25) is 0 Å². The number of fused-ring (bicyclic) bond motifs is 8. The maximum Gasteiger partial charge on any atom is 0.138 e. The van der Waals surface area contributed by atoms with Crippen molar-refractivity contribution in [2.75, 3.05) is 11.4 Å². The minimum atomic E-state index is -0.172. The summed E-state index contributed by atoms with van der Waals surface area (Å²) in [6.45, 7) is 0.792. The van der Waals surface area contributed by atoms with Crippen molar-refractivity contribution in [2.45, 2.75) is 24.7 Å². The minimum Gasteiger partial charge on any atom is -0.387 e. The number of aromatic nitrogens is 1. The molecular weight excluding hydrogens is 552 g/mol. The Balaban J connectivity index is 1.29. The molecule has 3 aliphatic heterocycles. The Morgan fingerprint density at radius 1 is 0.689 bits per heavy atom. The lowest BCUT2D eigenvalue weighted by atomic mass is 9.83. The van der Waals surface area contributed by atoms with Crippen LogP contribution in [0.4, 0.5) is 5.69 Å². The Hall–Kier alpha value is -4.88. The summed E-state index contributed by atoms with van der Waals surface area (Å²) in [7, 11) is 2.22. The van der Waals surface area contributed by atoms with E-state index in [1.165, 1.54) is 55.3 Å². The SMILES string of the molecule is Cn1c2ccccc2c2ccc3c(c21)C1=C(C=CNC1)C1C=CC=CC1N3C1NC(c2ccccc2)NC(c2ccccc2)N1. The zero-order chi connectivity index (χ0) is 29.9. The highest BCUT2D eigenvalue weighted by Crippen LogP contribution is 2.47. The smallest absolute Gasteiger partial charge is 0.138 e. The van der Waals surface area contributed by atoms with Crippen molar-refractivity contribution in [3.05, 3.63) is 156 Å². The van der Waals surface area contributed by atoms with Crippen LogP contribution in [0.5, 0.6) is 0 Å². The van der Waals surface area contributed by atoms with Crippen molar-refractivity contribution in [1.82, 2.24) is 25.8 Å². The van der Waals surface area contributed by atoms with Gasteiger partial charge in [-0.25, -0.2) is 0 Å². The lowest BCUT2D eigenvalue weighted by Crippen LogP contribution is -2.67. The second kappa shape index (κ2) is 10.6. The molecule has 1 saturated heterocycles. The number of dihydropyridines is 1. The number of hydrogen-bond donors (Lipinski definition) is 4. The van der Waals surface area contributed by atoms with Gasteiger partial charge in [0.25, 0.3) is 0 Å². The first-order chi connectivity index (χ1) is 22.3. The van der Waals surface area contributed by atoms with Crippen LogP contribution in [-0.4, -0.2) is 23.4 Å². The van der Waals surface area contributed by atoms with Gasteiger partial charge < -0.3 is 14.8 Å². The Labute approximate surface area is 263 Å². The van der Waals surface area contributed by atoms with E-state index < -0.39 is 0 Å². The molecule has 6 heteroatoms. The van der Waals surface area contributed by atoms with Crippen molar-refractivity contribution in [3.63, 3.8) is 0 Å². The van der Waals surface area contributed by atoms with Gasteiger partial charge in [-0.2, -0.15) is 0 Å². The standard InChI is InChI=1S/C39H36N6/c1-44-32-18-10-8-17-29(32)30-20-21-34-35(36(30)44)31-24-40-23-22-27(31)28-16-9-11-19-33(28)45(34)39-42-37(25-12-4-2-5-13-25)41-38(43-39)26-14-6-3-7-15-26/h2-23,28,33,37-43H,24H2,1H3. The molecule has 1 fully saturated rings. The molecule has 4 heterocycles. The van der Waals surface area contributed by atoms with Gasteiger partial charge in [0.1, 0.15) is 6.29 Å². The zero-order valence-corrected chi connectivity index (χ0v) is 25.2. The van der Waals surface area contributed by atoms with Crippen LogP contribution in [0, 0.1) is 5.92 Å². The van der Waals surface area contributed by atoms with Crippen LogP contribution in [0.3, 0.4) is 0 Å². The second-order valence-electron chi connectivity index (χ2n) is 12.4. The van der Waals surface area contributed by atoms with Crippen LogP contribution >= 0.6 is 0 Å². The van der Waals surface area contributed by atoms with E-state index in [0.29, 0.717) is 0 Å². The summed E-state index contributed by atoms with van der Waals surface area (Å²) in [6.07, 6.45) is 13.3. The Morgan fingerprint density at radius 2 is 1.38 bits per heavy atom. The van der Waals surface area contributed by atoms with Gasteiger partial charge in [0, 0.05) is 47.1 Å². The number of rotatable bonds is 3. The third-order valence-corrected chi connectivity index (χ3v) is 9.95. The maximum absolute atomic E-state index is 4.00. The van der Waals surface area contributed by atoms with Crippen molar-refractivity contribution in [2.24, 2.45) is 13.0 Å². The minimum absolute atomic E-state index is 0.0542. The molecule has 6 nitrogen and oxygen atoms in total. The summed E-state index contributed by atoms with van der Waals surface area (Å²) in [4.78, 5) is 2.61. The average molecular weight is 589 g/mol. The Bertz CT molecular complexity index is 1990. The van der Waals surface area contributed by atoms with Gasteiger partial charge in [-0.3, -0.25) is 16.0 Å². The first-order valence-corrected chi connectivity index (χ1v) is 15.9. The molecule has 4 N–H and O–H groups in total. The largest absolute Gasteiger partial charge is 0.387 e. The van der Waals surface area contributed by atoms with Gasteiger partial charge in [-0.15, -0.1) is 0 Å². The van der Waals surface area contributed by atoms with Crippen molar-refractivity contribution < 1.29 is 0 Å². The summed E-state index contributed by atoms with van der Waals surface area (Å²) < 4.78 is 2.40. The molecule has 1 aliphatic carbocycles. The molecule has 222 valence electrons. The summed E-state index contributed by atoms with van der Waals surface area (Å²) >= 11 is 0. The molecule has 0 radical (unpaired) electrons. The highest BCUT2D eigenvalue weighted by atomic mass is 15.5. The topological polar surface area (TPSA) is 56.3 Å². The van der Waals surface area contributed by atoms with E-state index in [1.54, 1.807) is 0 Å². The van der Waals surface area contributed by atoms with Gasteiger partial charge >= 0.3 is 0 Å². The van der Waals surface area contributed by atoms with Crippen LogP contribution in [0.1, 0.15) is 29.0 Å². The zero-order valence-electron chi connectivity index (χ0n) is 25.2.